The fourth-order valence-corrected chi connectivity index (χ4v) is 1.56. The minimum atomic E-state index is -1.13. The minimum absolute atomic E-state index is 0.0641. The Morgan fingerprint density at radius 1 is 1.33 bits per heavy atom. The Morgan fingerprint density at radius 3 is 2.73 bits per heavy atom. The third kappa shape index (κ3) is 1.71. The highest BCUT2D eigenvalue weighted by Gasteiger charge is 2.09. The molecule has 0 aliphatic heterocycles. The topological polar surface area (TPSA) is 70.4 Å². The van der Waals surface area contributed by atoms with Crippen LogP contribution in [0.25, 0.3) is 10.8 Å². The molecule has 5 heteroatoms. The Labute approximate surface area is 89.8 Å². The van der Waals surface area contributed by atoms with Gasteiger partial charge >= 0.3 is 5.97 Å². The summed E-state index contributed by atoms with van der Waals surface area (Å²) in [6, 6.07) is 5.90. The zero-order chi connectivity index (χ0) is 11.0. The molecule has 1 aromatic carbocycles. The zero-order valence-corrected chi connectivity index (χ0v) is 8.19. The molecule has 1 aromatic heterocycles. The van der Waals surface area contributed by atoms with Crippen molar-refractivity contribution in [3.8, 4) is 5.75 Å². The Kier molecular flexibility index (Phi) is 2.21. The average molecular weight is 224 g/mol. The van der Waals surface area contributed by atoms with E-state index in [-0.39, 0.29) is 16.6 Å². The molecule has 4 nitrogen and oxygen atoms in total. The second-order valence-corrected chi connectivity index (χ2v) is 3.37. The van der Waals surface area contributed by atoms with Crippen LogP contribution in [0.3, 0.4) is 0 Å². The van der Waals surface area contributed by atoms with Gasteiger partial charge in [0, 0.05) is 5.39 Å². The second kappa shape index (κ2) is 3.40. The summed E-state index contributed by atoms with van der Waals surface area (Å²) in [5.74, 6) is -1.07. The van der Waals surface area contributed by atoms with E-state index in [2.05, 4.69) is 4.98 Å². The first-order valence-electron chi connectivity index (χ1n) is 4.10. The molecule has 15 heavy (non-hydrogen) atoms. The van der Waals surface area contributed by atoms with Gasteiger partial charge in [0.05, 0.1) is 0 Å². The van der Waals surface area contributed by atoms with Gasteiger partial charge in [-0.3, -0.25) is 0 Å². The lowest BCUT2D eigenvalue weighted by molar-refractivity contribution is 0.0690. The van der Waals surface area contributed by atoms with Crippen LogP contribution in [-0.4, -0.2) is 21.2 Å². The summed E-state index contributed by atoms with van der Waals surface area (Å²) in [7, 11) is 0. The Hall–Kier alpha value is -1.81. The number of nitrogens with zero attached hydrogens (tertiary/aromatic N) is 1. The van der Waals surface area contributed by atoms with Gasteiger partial charge < -0.3 is 10.2 Å². The number of aromatic carboxylic acids is 1. The number of carboxylic acids is 1. The predicted molar refractivity (Wildman–Crippen MR) is 55.4 cm³/mol. The highest BCUT2D eigenvalue weighted by atomic mass is 35.5. The van der Waals surface area contributed by atoms with E-state index in [0.717, 1.165) is 0 Å². The molecule has 2 rings (SSSR count). The highest BCUT2D eigenvalue weighted by Crippen LogP contribution is 2.26. The minimum Gasteiger partial charge on any atom is -0.508 e. The van der Waals surface area contributed by atoms with Crippen LogP contribution in [0.1, 0.15) is 10.5 Å². The smallest absolute Gasteiger partial charge is 0.354 e. The van der Waals surface area contributed by atoms with Crippen molar-refractivity contribution >= 4 is 28.3 Å². The molecule has 76 valence electrons. The first-order valence-corrected chi connectivity index (χ1v) is 4.48. The van der Waals surface area contributed by atoms with Crippen molar-refractivity contribution < 1.29 is 15.0 Å². The molecular formula is C10H6ClNO3. The molecule has 0 bridgehead atoms. The number of rotatable bonds is 1. The Balaban J connectivity index is 2.78. The van der Waals surface area contributed by atoms with E-state index in [9.17, 15) is 9.90 Å². The molecule has 0 saturated carbocycles. The maximum Gasteiger partial charge on any atom is 0.354 e. The number of phenolic OH excluding ortho intramolecular Hbond substituents is 1. The van der Waals surface area contributed by atoms with Gasteiger partial charge in [0.15, 0.2) is 5.69 Å². The third-order valence-corrected chi connectivity index (χ3v) is 2.28. The molecule has 2 N–H and O–H groups in total. The SMILES string of the molecule is O=C(O)c1cc2ccc(O)cc2c(Cl)n1. The number of hydrogen-bond donors (Lipinski definition) is 2. The van der Waals surface area contributed by atoms with Crippen LogP contribution in [0, 0.1) is 0 Å². The van der Waals surface area contributed by atoms with E-state index < -0.39 is 5.97 Å². The average Bonchev–Trinajstić information content (AvgIpc) is 2.18. The maximum atomic E-state index is 10.7. The van der Waals surface area contributed by atoms with Crippen LogP contribution < -0.4 is 0 Å². The van der Waals surface area contributed by atoms with Crippen LogP contribution in [0.15, 0.2) is 24.3 Å². The number of fused-ring (bicyclic) bond motifs is 1. The molecule has 0 aliphatic rings. The Morgan fingerprint density at radius 2 is 2.07 bits per heavy atom. The molecule has 0 spiro atoms. The molecule has 0 unspecified atom stereocenters. The lowest BCUT2D eigenvalue weighted by atomic mass is 10.1. The van der Waals surface area contributed by atoms with Crippen LogP contribution in [0.5, 0.6) is 5.75 Å². The molecule has 0 atom stereocenters. The predicted octanol–water partition coefficient (Wildman–Crippen LogP) is 2.29. The van der Waals surface area contributed by atoms with Crippen molar-refractivity contribution in [2.24, 2.45) is 0 Å². The van der Waals surface area contributed by atoms with Crippen molar-refractivity contribution in [2.75, 3.05) is 0 Å². The van der Waals surface area contributed by atoms with E-state index in [1.54, 1.807) is 6.07 Å². The lowest BCUT2D eigenvalue weighted by Gasteiger charge is -2.02. The van der Waals surface area contributed by atoms with Gasteiger partial charge in [-0.25, -0.2) is 9.78 Å². The second-order valence-electron chi connectivity index (χ2n) is 3.01. The van der Waals surface area contributed by atoms with Crippen molar-refractivity contribution in [1.82, 2.24) is 4.98 Å². The number of carbonyl (C=O) groups is 1. The maximum absolute atomic E-state index is 10.7. The molecular weight excluding hydrogens is 218 g/mol. The van der Waals surface area contributed by atoms with Crippen molar-refractivity contribution in [3.05, 3.63) is 35.1 Å². The van der Waals surface area contributed by atoms with E-state index >= 15 is 0 Å². The van der Waals surface area contributed by atoms with Crippen LogP contribution in [-0.2, 0) is 0 Å². The van der Waals surface area contributed by atoms with Gasteiger partial charge in [0.2, 0.25) is 0 Å². The fraction of sp³-hybridized carbons (Fsp3) is 0. The van der Waals surface area contributed by atoms with Crippen molar-refractivity contribution in [1.29, 1.82) is 0 Å². The third-order valence-electron chi connectivity index (χ3n) is 1.99. The number of pyridine rings is 1. The molecule has 0 saturated heterocycles. The van der Waals surface area contributed by atoms with E-state index in [0.29, 0.717) is 10.8 Å². The number of aromatic hydroxyl groups is 1. The summed E-state index contributed by atoms with van der Waals surface area (Å²) in [5.41, 5.74) is -0.113. The molecule has 0 aliphatic carbocycles. The van der Waals surface area contributed by atoms with Gasteiger partial charge in [-0.15, -0.1) is 0 Å². The number of halogens is 1. The van der Waals surface area contributed by atoms with Gasteiger partial charge in [0.25, 0.3) is 0 Å². The fourth-order valence-electron chi connectivity index (χ4n) is 1.30. The molecule has 1 heterocycles. The summed E-state index contributed by atoms with van der Waals surface area (Å²) in [6.07, 6.45) is 0. The first-order chi connectivity index (χ1) is 7.08. The molecule has 0 amide bonds. The largest absolute Gasteiger partial charge is 0.508 e. The number of aromatic nitrogens is 1. The van der Waals surface area contributed by atoms with Gasteiger partial charge in [-0.2, -0.15) is 0 Å². The summed E-state index contributed by atoms with van der Waals surface area (Å²) < 4.78 is 0. The quantitative estimate of drug-likeness (QED) is 0.728. The van der Waals surface area contributed by atoms with Gasteiger partial charge in [0.1, 0.15) is 10.9 Å². The molecule has 0 fully saturated rings. The van der Waals surface area contributed by atoms with Crippen molar-refractivity contribution in [2.45, 2.75) is 0 Å². The zero-order valence-electron chi connectivity index (χ0n) is 7.44. The molecule has 0 radical (unpaired) electrons. The summed E-state index contributed by atoms with van der Waals surface area (Å²) in [4.78, 5) is 14.4. The molecule has 2 aromatic rings. The lowest BCUT2D eigenvalue weighted by Crippen LogP contribution is -2.00. The summed E-state index contributed by atoms with van der Waals surface area (Å²) in [5, 5.41) is 19.2. The highest BCUT2D eigenvalue weighted by molar-refractivity contribution is 6.34. The normalized spacial score (nSPS) is 10.5. The van der Waals surface area contributed by atoms with Crippen LogP contribution in [0.4, 0.5) is 0 Å². The standard InChI is InChI=1S/C10H6ClNO3/c11-9-7-4-6(13)2-1-5(7)3-8(12-9)10(14)15/h1-4,13H,(H,14,15). The Bertz CT molecular complexity index is 554. The number of phenols is 1. The van der Waals surface area contributed by atoms with Gasteiger partial charge in [-0.1, -0.05) is 17.7 Å². The van der Waals surface area contributed by atoms with E-state index in [4.69, 9.17) is 16.7 Å². The summed E-state index contributed by atoms with van der Waals surface area (Å²) >= 11 is 5.79. The van der Waals surface area contributed by atoms with Crippen molar-refractivity contribution in [3.63, 3.8) is 0 Å². The number of benzene rings is 1. The monoisotopic (exact) mass is 223 g/mol. The van der Waals surface area contributed by atoms with E-state index in [1.807, 2.05) is 0 Å². The summed E-state index contributed by atoms with van der Waals surface area (Å²) in [6.45, 7) is 0. The van der Waals surface area contributed by atoms with Crippen LogP contribution >= 0.6 is 11.6 Å². The van der Waals surface area contributed by atoms with Gasteiger partial charge in [-0.05, 0) is 23.6 Å². The van der Waals surface area contributed by atoms with Crippen LogP contribution in [0.2, 0.25) is 5.15 Å². The number of hydrogen-bond acceptors (Lipinski definition) is 3. The van der Waals surface area contributed by atoms with E-state index in [1.165, 1.54) is 18.2 Å². The first kappa shape index (κ1) is 9.73. The number of carboxylic acid groups (broad SMARTS) is 1.